The van der Waals surface area contributed by atoms with E-state index in [0.29, 0.717) is 5.56 Å². The summed E-state index contributed by atoms with van der Waals surface area (Å²) >= 11 is 3.29. The minimum atomic E-state index is -0.442. The summed E-state index contributed by atoms with van der Waals surface area (Å²) in [4.78, 5) is 22.5. The Balaban J connectivity index is 2.73. The predicted octanol–water partition coefficient (Wildman–Crippen LogP) is 2.75. The normalized spacial score (nSPS) is 12.8. The zero-order chi connectivity index (χ0) is 16.2. The van der Waals surface area contributed by atoms with Crippen LogP contribution in [0.15, 0.2) is 22.7 Å². The van der Waals surface area contributed by atoms with Crippen molar-refractivity contribution < 1.29 is 9.72 Å². The van der Waals surface area contributed by atoms with Gasteiger partial charge in [0.2, 0.25) is 5.91 Å². The van der Waals surface area contributed by atoms with Gasteiger partial charge in [-0.25, -0.2) is 0 Å². The quantitative estimate of drug-likeness (QED) is 0.626. The molecular formula is C14H20BrN3O3. The Morgan fingerprint density at radius 2 is 2.05 bits per heavy atom. The van der Waals surface area contributed by atoms with Crippen LogP contribution in [0.3, 0.4) is 0 Å². The Kier molecular flexibility index (Phi) is 5.86. The topological polar surface area (TPSA) is 84.3 Å². The molecule has 1 aromatic carbocycles. The van der Waals surface area contributed by atoms with Gasteiger partial charge in [0.05, 0.1) is 11.0 Å². The van der Waals surface area contributed by atoms with Gasteiger partial charge in [-0.1, -0.05) is 15.9 Å². The highest BCUT2D eigenvalue weighted by Crippen LogP contribution is 2.22. The van der Waals surface area contributed by atoms with E-state index in [0.717, 1.165) is 4.47 Å². The highest BCUT2D eigenvalue weighted by Gasteiger charge is 2.20. The number of carbonyl (C=O) groups excluding carboxylic acids is 1. The van der Waals surface area contributed by atoms with Gasteiger partial charge in [-0.2, -0.15) is 0 Å². The lowest BCUT2D eigenvalue weighted by atomic mass is 10.1. The number of nitro groups is 1. The summed E-state index contributed by atoms with van der Waals surface area (Å²) in [5.74, 6) is -0.139. The number of nitrogens with one attached hydrogen (secondary N) is 2. The van der Waals surface area contributed by atoms with E-state index in [1.165, 1.54) is 6.07 Å². The molecule has 0 spiro atoms. The minimum Gasteiger partial charge on any atom is -0.350 e. The van der Waals surface area contributed by atoms with Crippen LogP contribution in [-0.4, -0.2) is 22.4 Å². The summed E-state index contributed by atoms with van der Waals surface area (Å²) in [5, 5.41) is 16.8. The number of halogens is 1. The molecule has 7 heteroatoms. The molecule has 116 valence electrons. The first-order valence-corrected chi connectivity index (χ1v) is 7.37. The Hall–Kier alpha value is -1.47. The average Bonchev–Trinajstić information content (AvgIpc) is 2.33. The Morgan fingerprint density at radius 3 is 2.57 bits per heavy atom. The molecule has 0 bridgehead atoms. The van der Waals surface area contributed by atoms with Crippen molar-refractivity contribution in [2.75, 3.05) is 0 Å². The molecule has 1 rings (SSSR count). The summed E-state index contributed by atoms with van der Waals surface area (Å²) in [6.45, 7) is 7.67. The van der Waals surface area contributed by atoms with Crippen LogP contribution >= 0.6 is 15.9 Å². The maximum Gasteiger partial charge on any atom is 0.273 e. The van der Waals surface area contributed by atoms with Gasteiger partial charge in [0, 0.05) is 28.2 Å². The maximum atomic E-state index is 11.9. The molecule has 0 aliphatic heterocycles. The molecule has 0 saturated carbocycles. The SMILES string of the molecule is CC(NCc1cc(Br)ccc1[N+](=O)[O-])C(=O)NC(C)(C)C. The molecule has 0 aliphatic rings. The molecule has 1 amide bonds. The van der Waals surface area contributed by atoms with E-state index in [2.05, 4.69) is 26.6 Å². The minimum absolute atomic E-state index is 0.0362. The lowest BCUT2D eigenvalue weighted by molar-refractivity contribution is -0.385. The van der Waals surface area contributed by atoms with E-state index in [4.69, 9.17) is 0 Å². The number of hydrogen-bond donors (Lipinski definition) is 2. The number of nitro benzene ring substituents is 1. The third-order valence-electron chi connectivity index (χ3n) is 2.73. The largest absolute Gasteiger partial charge is 0.350 e. The van der Waals surface area contributed by atoms with Crippen LogP contribution < -0.4 is 10.6 Å². The number of amides is 1. The van der Waals surface area contributed by atoms with Gasteiger partial charge < -0.3 is 10.6 Å². The summed E-state index contributed by atoms with van der Waals surface area (Å²) in [6, 6.07) is 4.31. The van der Waals surface area contributed by atoms with Crippen LogP contribution in [0.25, 0.3) is 0 Å². The standard InChI is InChI=1S/C14H20BrN3O3/c1-9(13(19)17-14(2,3)4)16-8-10-7-11(15)5-6-12(10)18(20)21/h5-7,9,16H,8H2,1-4H3,(H,17,19). The van der Waals surface area contributed by atoms with Crippen molar-refractivity contribution >= 4 is 27.5 Å². The van der Waals surface area contributed by atoms with Crippen molar-refractivity contribution in [3.05, 3.63) is 38.3 Å². The zero-order valence-corrected chi connectivity index (χ0v) is 14.2. The summed E-state index contributed by atoms with van der Waals surface area (Å²) in [5.41, 5.74) is 0.258. The zero-order valence-electron chi connectivity index (χ0n) is 12.6. The van der Waals surface area contributed by atoms with Crippen LogP contribution in [0, 0.1) is 10.1 Å². The molecule has 2 N–H and O–H groups in total. The first kappa shape index (κ1) is 17.6. The van der Waals surface area contributed by atoms with Crippen LogP contribution in [0.5, 0.6) is 0 Å². The fraction of sp³-hybridized carbons (Fsp3) is 0.500. The number of carbonyl (C=O) groups is 1. The molecule has 0 aliphatic carbocycles. The lowest BCUT2D eigenvalue weighted by Crippen LogP contribution is -2.49. The van der Waals surface area contributed by atoms with E-state index in [-0.39, 0.29) is 23.7 Å². The fourth-order valence-corrected chi connectivity index (χ4v) is 2.12. The fourth-order valence-electron chi connectivity index (χ4n) is 1.71. The molecule has 1 unspecified atom stereocenters. The second kappa shape index (κ2) is 7.00. The van der Waals surface area contributed by atoms with Gasteiger partial charge in [-0.15, -0.1) is 0 Å². The van der Waals surface area contributed by atoms with Crippen molar-refractivity contribution in [3.8, 4) is 0 Å². The first-order valence-electron chi connectivity index (χ1n) is 6.58. The second-order valence-corrected chi connectivity index (χ2v) is 6.79. The highest BCUT2D eigenvalue weighted by molar-refractivity contribution is 9.10. The molecule has 0 heterocycles. The Morgan fingerprint density at radius 1 is 1.43 bits per heavy atom. The van der Waals surface area contributed by atoms with Crippen LogP contribution in [-0.2, 0) is 11.3 Å². The van der Waals surface area contributed by atoms with Gasteiger partial charge in [0.25, 0.3) is 5.69 Å². The lowest BCUT2D eigenvalue weighted by Gasteiger charge is -2.23. The van der Waals surface area contributed by atoms with E-state index >= 15 is 0 Å². The van der Waals surface area contributed by atoms with Gasteiger partial charge in [-0.05, 0) is 39.8 Å². The summed E-state index contributed by atoms with van der Waals surface area (Å²) in [6.07, 6.45) is 0. The molecule has 1 atom stereocenters. The van der Waals surface area contributed by atoms with Crippen molar-refractivity contribution in [2.24, 2.45) is 0 Å². The molecule has 6 nitrogen and oxygen atoms in total. The van der Waals surface area contributed by atoms with Crippen molar-refractivity contribution in [1.82, 2.24) is 10.6 Å². The van der Waals surface area contributed by atoms with Crippen LogP contribution in [0.1, 0.15) is 33.3 Å². The Labute approximate surface area is 132 Å². The molecule has 21 heavy (non-hydrogen) atoms. The molecule has 0 radical (unpaired) electrons. The average molecular weight is 358 g/mol. The highest BCUT2D eigenvalue weighted by atomic mass is 79.9. The third kappa shape index (κ3) is 5.81. The van der Waals surface area contributed by atoms with Gasteiger partial charge >= 0.3 is 0 Å². The Bertz CT molecular complexity index is 541. The van der Waals surface area contributed by atoms with Crippen molar-refractivity contribution in [2.45, 2.75) is 45.8 Å². The summed E-state index contributed by atoms with van der Waals surface area (Å²) < 4.78 is 0.761. The number of nitrogens with zero attached hydrogens (tertiary/aromatic N) is 1. The van der Waals surface area contributed by atoms with Crippen molar-refractivity contribution in [1.29, 1.82) is 0 Å². The van der Waals surface area contributed by atoms with Crippen molar-refractivity contribution in [3.63, 3.8) is 0 Å². The monoisotopic (exact) mass is 357 g/mol. The number of benzene rings is 1. The van der Waals surface area contributed by atoms with Crippen LogP contribution in [0.4, 0.5) is 5.69 Å². The molecule has 0 fully saturated rings. The smallest absolute Gasteiger partial charge is 0.273 e. The first-order chi connectivity index (χ1) is 9.60. The molecule has 1 aromatic rings. The van der Waals surface area contributed by atoms with Crippen LogP contribution in [0.2, 0.25) is 0 Å². The second-order valence-electron chi connectivity index (χ2n) is 5.87. The van der Waals surface area contributed by atoms with E-state index < -0.39 is 11.0 Å². The molecular weight excluding hydrogens is 338 g/mol. The summed E-state index contributed by atoms with van der Waals surface area (Å²) in [7, 11) is 0. The van der Waals surface area contributed by atoms with Gasteiger partial charge in [0.15, 0.2) is 0 Å². The number of hydrogen-bond acceptors (Lipinski definition) is 4. The van der Waals surface area contributed by atoms with Gasteiger partial charge in [0.1, 0.15) is 0 Å². The van der Waals surface area contributed by atoms with E-state index in [1.54, 1.807) is 19.1 Å². The predicted molar refractivity (Wildman–Crippen MR) is 85.0 cm³/mol. The number of rotatable bonds is 5. The van der Waals surface area contributed by atoms with E-state index in [9.17, 15) is 14.9 Å². The van der Waals surface area contributed by atoms with E-state index in [1.807, 2.05) is 20.8 Å². The third-order valence-corrected chi connectivity index (χ3v) is 3.22. The maximum absolute atomic E-state index is 11.9. The van der Waals surface area contributed by atoms with Gasteiger partial charge in [-0.3, -0.25) is 14.9 Å². The molecule has 0 aromatic heterocycles. The molecule has 0 saturated heterocycles.